The second-order valence-corrected chi connectivity index (χ2v) is 8.35. The van der Waals surface area contributed by atoms with E-state index in [-0.39, 0.29) is 12.7 Å². The molecular formula is C25H46N2O3. The summed E-state index contributed by atoms with van der Waals surface area (Å²) in [5.41, 5.74) is 0. The van der Waals surface area contributed by atoms with Crippen molar-refractivity contribution in [3.63, 3.8) is 0 Å². The van der Waals surface area contributed by atoms with Crippen molar-refractivity contribution in [1.29, 1.82) is 0 Å². The minimum atomic E-state index is -0.374. The molecule has 1 atom stereocenters. The summed E-state index contributed by atoms with van der Waals surface area (Å²) in [5.74, 6) is 0.468. The van der Waals surface area contributed by atoms with Crippen LogP contribution in [0.4, 0.5) is 0 Å². The van der Waals surface area contributed by atoms with Gasteiger partial charge in [0.2, 0.25) is 5.88 Å². The Labute approximate surface area is 185 Å². The maximum Gasteiger partial charge on any atom is 0.216 e. The molecule has 0 amide bonds. The monoisotopic (exact) mass is 422 g/mol. The normalized spacial score (nSPS) is 12.2. The highest BCUT2D eigenvalue weighted by Crippen LogP contribution is 2.14. The first-order chi connectivity index (χ1) is 14.9. The molecule has 30 heavy (non-hydrogen) atoms. The van der Waals surface area contributed by atoms with Crippen LogP contribution < -0.4 is 4.74 Å². The molecule has 0 aliphatic rings. The molecule has 1 unspecified atom stereocenters. The van der Waals surface area contributed by atoms with Crippen molar-refractivity contribution in [3.05, 3.63) is 18.6 Å². The maximum absolute atomic E-state index is 9.38. The summed E-state index contributed by atoms with van der Waals surface area (Å²) in [6.45, 7) is 3.31. The summed E-state index contributed by atoms with van der Waals surface area (Å²) in [6, 6.07) is 1.68. The number of aromatic nitrogens is 2. The van der Waals surface area contributed by atoms with Gasteiger partial charge < -0.3 is 14.6 Å². The Morgan fingerprint density at radius 3 is 1.80 bits per heavy atom. The van der Waals surface area contributed by atoms with E-state index in [0.717, 1.165) is 13.0 Å². The second kappa shape index (κ2) is 21.0. The lowest BCUT2D eigenvalue weighted by Gasteiger charge is -2.16. The van der Waals surface area contributed by atoms with Crippen molar-refractivity contribution in [2.45, 2.75) is 116 Å². The van der Waals surface area contributed by atoms with Gasteiger partial charge in [0.1, 0.15) is 12.4 Å². The topological polar surface area (TPSA) is 64.5 Å². The zero-order valence-corrected chi connectivity index (χ0v) is 19.4. The number of nitrogens with zero attached hydrogens (tertiary/aromatic N) is 2. The van der Waals surface area contributed by atoms with E-state index in [0.29, 0.717) is 12.5 Å². The summed E-state index contributed by atoms with van der Waals surface area (Å²) in [4.78, 5) is 7.84. The lowest BCUT2D eigenvalue weighted by molar-refractivity contribution is 0.0167. The molecule has 0 aliphatic heterocycles. The summed E-state index contributed by atoms with van der Waals surface area (Å²) >= 11 is 0. The molecule has 0 spiro atoms. The van der Waals surface area contributed by atoms with Crippen LogP contribution in [0.2, 0.25) is 0 Å². The van der Waals surface area contributed by atoms with Crippen molar-refractivity contribution in [2.24, 2.45) is 0 Å². The van der Waals surface area contributed by atoms with Gasteiger partial charge >= 0.3 is 0 Å². The van der Waals surface area contributed by atoms with Gasteiger partial charge in [-0.3, -0.25) is 0 Å². The van der Waals surface area contributed by atoms with E-state index in [2.05, 4.69) is 16.9 Å². The summed E-state index contributed by atoms with van der Waals surface area (Å²) in [6.07, 6.45) is 24.6. The predicted octanol–water partition coefficient (Wildman–Crippen LogP) is 6.49. The van der Waals surface area contributed by atoms with Crippen LogP contribution in [0.25, 0.3) is 0 Å². The molecule has 0 aliphatic carbocycles. The van der Waals surface area contributed by atoms with Gasteiger partial charge in [0.05, 0.1) is 13.2 Å². The van der Waals surface area contributed by atoms with Gasteiger partial charge in [0, 0.05) is 18.9 Å². The zero-order valence-electron chi connectivity index (χ0n) is 19.4. The first kappa shape index (κ1) is 26.8. The van der Waals surface area contributed by atoms with Crippen molar-refractivity contribution < 1.29 is 14.6 Å². The largest absolute Gasteiger partial charge is 0.469 e. The predicted molar refractivity (Wildman–Crippen MR) is 124 cm³/mol. The molecule has 1 aromatic rings. The molecule has 1 N–H and O–H groups in total. The van der Waals surface area contributed by atoms with Crippen LogP contribution in [0.5, 0.6) is 5.88 Å². The van der Waals surface area contributed by atoms with Crippen molar-refractivity contribution in [1.82, 2.24) is 9.97 Å². The van der Waals surface area contributed by atoms with Gasteiger partial charge in [0.25, 0.3) is 0 Å². The molecule has 5 nitrogen and oxygen atoms in total. The molecule has 0 saturated heterocycles. The molecule has 0 aromatic carbocycles. The third kappa shape index (κ3) is 16.6. The van der Waals surface area contributed by atoms with E-state index < -0.39 is 0 Å². The minimum absolute atomic E-state index is 0.0804. The average molecular weight is 423 g/mol. The Kier molecular flexibility index (Phi) is 18.8. The number of hydrogen-bond acceptors (Lipinski definition) is 5. The van der Waals surface area contributed by atoms with Crippen molar-refractivity contribution >= 4 is 0 Å². The average Bonchev–Trinajstić information content (AvgIpc) is 2.78. The molecular weight excluding hydrogens is 376 g/mol. The van der Waals surface area contributed by atoms with Crippen LogP contribution in [0, 0.1) is 0 Å². The fourth-order valence-electron chi connectivity index (χ4n) is 3.61. The van der Waals surface area contributed by atoms with Crippen LogP contribution in [-0.2, 0) is 4.74 Å². The number of hydrogen-bond donors (Lipinski definition) is 1. The highest BCUT2D eigenvalue weighted by molar-refractivity contribution is 5.04. The quantitative estimate of drug-likeness (QED) is 0.216. The van der Waals surface area contributed by atoms with E-state index in [4.69, 9.17) is 9.47 Å². The van der Waals surface area contributed by atoms with E-state index >= 15 is 0 Å². The minimum Gasteiger partial charge on any atom is -0.469 e. The Morgan fingerprint density at radius 2 is 1.33 bits per heavy atom. The summed E-state index contributed by atoms with van der Waals surface area (Å²) < 4.78 is 11.2. The van der Waals surface area contributed by atoms with Crippen molar-refractivity contribution in [2.75, 3.05) is 19.8 Å². The van der Waals surface area contributed by atoms with E-state index in [1.165, 1.54) is 103 Å². The Hall–Kier alpha value is -1.20. The Bertz CT molecular complexity index is 459. The Morgan fingerprint density at radius 1 is 0.800 bits per heavy atom. The SMILES string of the molecule is CCCCCCCCCCCCCCCCCCOCC(CO)Oc1ccncn1. The second-order valence-electron chi connectivity index (χ2n) is 8.35. The number of aliphatic hydroxyl groups is 1. The third-order valence-corrected chi connectivity index (χ3v) is 5.49. The van der Waals surface area contributed by atoms with Gasteiger partial charge in [-0.2, -0.15) is 0 Å². The van der Waals surface area contributed by atoms with Gasteiger partial charge in [-0.15, -0.1) is 0 Å². The van der Waals surface area contributed by atoms with Crippen LogP contribution in [-0.4, -0.2) is 41.0 Å². The molecule has 0 bridgehead atoms. The number of ether oxygens (including phenoxy) is 2. The molecule has 174 valence electrons. The standard InChI is InChI=1S/C25H46N2O3/c1-2-3-4-5-6-7-8-9-10-11-12-13-14-15-16-17-20-29-22-24(21-28)30-25-18-19-26-23-27-25/h18-19,23-24,28H,2-17,20-22H2,1H3. The maximum atomic E-state index is 9.38. The molecule has 1 rings (SSSR count). The van der Waals surface area contributed by atoms with Crippen LogP contribution >= 0.6 is 0 Å². The summed E-state index contributed by atoms with van der Waals surface area (Å²) in [5, 5.41) is 9.38. The van der Waals surface area contributed by atoms with Crippen LogP contribution in [0.1, 0.15) is 110 Å². The van der Waals surface area contributed by atoms with E-state index in [9.17, 15) is 5.11 Å². The highest BCUT2D eigenvalue weighted by Gasteiger charge is 2.10. The fraction of sp³-hybridized carbons (Fsp3) is 0.840. The summed E-state index contributed by atoms with van der Waals surface area (Å²) in [7, 11) is 0. The van der Waals surface area contributed by atoms with E-state index in [1.54, 1.807) is 12.3 Å². The lowest BCUT2D eigenvalue weighted by atomic mass is 10.0. The zero-order chi connectivity index (χ0) is 21.5. The van der Waals surface area contributed by atoms with Crippen LogP contribution in [0.15, 0.2) is 18.6 Å². The molecule has 0 saturated carbocycles. The Balaban J connectivity index is 1.78. The fourth-order valence-corrected chi connectivity index (χ4v) is 3.61. The lowest BCUT2D eigenvalue weighted by Crippen LogP contribution is -2.27. The third-order valence-electron chi connectivity index (χ3n) is 5.49. The molecule has 1 heterocycles. The number of aliphatic hydroxyl groups excluding tert-OH is 1. The van der Waals surface area contributed by atoms with Gasteiger partial charge in [-0.1, -0.05) is 103 Å². The molecule has 5 heteroatoms. The smallest absolute Gasteiger partial charge is 0.216 e. The van der Waals surface area contributed by atoms with E-state index in [1.807, 2.05) is 0 Å². The molecule has 1 aromatic heterocycles. The first-order valence-corrected chi connectivity index (χ1v) is 12.5. The van der Waals surface area contributed by atoms with Gasteiger partial charge in [0.15, 0.2) is 0 Å². The first-order valence-electron chi connectivity index (χ1n) is 12.5. The highest BCUT2D eigenvalue weighted by atomic mass is 16.5. The van der Waals surface area contributed by atoms with Crippen LogP contribution in [0.3, 0.4) is 0 Å². The molecule has 0 fully saturated rings. The van der Waals surface area contributed by atoms with Crippen molar-refractivity contribution in [3.8, 4) is 5.88 Å². The number of unbranched alkanes of at least 4 members (excludes halogenated alkanes) is 15. The molecule has 0 radical (unpaired) electrons. The van der Waals surface area contributed by atoms with Gasteiger partial charge in [-0.05, 0) is 6.42 Å². The van der Waals surface area contributed by atoms with Gasteiger partial charge in [-0.25, -0.2) is 9.97 Å². The number of rotatable bonds is 22.